The molecule has 5 heteroatoms. The number of fused-ring (bicyclic) bond motifs is 1. The van der Waals surface area contributed by atoms with Crippen molar-refractivity contribution in [2.45, 2.75) is 19.9 Å². The molecule has 0 aliphatic rings. The van der Waals surface area contributed by atoms with Crippen molar-refractivity contribution in [1.29, 1.82) is 0 Å². The lowest BCUT2D eigenvalue weighted by molar-refractivity contribution is 0.102. The van der Waals surface area contributed by atoms with Gasteiger partial charge in [0.25, 0.3) is 5.91 Å². The molecule has 118 valence electrons. The monoisotopic (exact) mass is 309 g/mol. The molecule has 3 aromatic rings. The highest BCUT2D eigenvalue weighted by Gasteiger charge is 2.11. The van der Waals surface area contributed by atoms with Crippen molar-refractivity contribution in [3.05, 3.63) is 54.4 Å². The second-order valence-corrected chi connectivity index (χ2v) is 5.64. The van der Waals surface area contributed by atoms with Crippen LogP contribution in [0, 0.1) is 0 Å². The second-order valence-electron chi connectivity index (χ2n) is 5.64. The Labute approximate surface area is 134 Å². The first-order chi connectivity index (χ1) is 11.1. The highest BCUT2D eigenvalue weighted by Crippen LogP contribution is 2.21. The van der Waals surface area contributed by atoms with Crippen LogP contribution in [0.1, 0.15) is 30.2 Å². The maximum Gasteiger partial charge on any atom is 0.255 e. The van der Waals surface area contributed by atoms with Crippen LogP contribution in [-0.2, 0) is 0 Å². The fourth-order valence-corrected chi connectivity index (χ4v) is 2.49. The molecule has 0 saturated carbocycles. The summed E-state index contributed by atoms with van der Waals surface area (Å²) in [6, 6.07) is 13.2. The highest BCUT2D eigenvalue weighted by atomic mass is 16.5. The Balaban J connectivity index is 1.86. The van der Waals surface area contributed by atoms with Gasteiger partial charge in [-0.05, 0) is 44.2 Å². The van der Waals surface area contributed by atoms with Gasteiger partial charge in [0, 0.05) is 23.4 Å². The number of anilines is 1. The molecule has 3 rings (SSSR count). The number of carbonyl (C=O) groups excluding carboxylic acids is 1. The molecule has 0 spiro atoms. The number of methoxy groups -OCH3 is 1. The van der Waals surface area contributed by atoms with Gasteiger partial charge in [0.05, 0.1) is 24.5 Å². The number of hydrogen-bond donors (Lipinski definition) is 1. The van der Waals surface area contributed by atoms with Crippen LogP contribution < -0.4 is 10.1 Å². The summed E-state index contributed by atoms with van der Waals surface area (Å²) in [6.07, 6.45) is 1.80. The molecular formula is C18H19N3O2. The topological polar surface area (TPSA) is 56.1 Å². The summed E-state index contributed by atoms with van der Waals surface area (Å²) in [5.41, 5.74) is 3.12. The van der Waals surface area contributed by atoms with Crippen molar-refractivity contribution in [1.82, 2.24) is 9.55 Å². The van der Waals surface area contributed by atoms with E-state index in [0.717, 1.165) is 11.0 Å². The van der Waals surface area contributed by atoms with Crippen LogP contribution in [0.4, 0.5) is 5.69 Å². The Hall–Kier alpha value is -2.82. The van der Waals surface area contributed by atoms with Crippen LogP contribution in [-0.4, -0.2) is 22.6 Å². The Morgan fingerprint density at radius 1 is 1.22 bits per heavy atom. The minimum Gasteiger partial charge on any atom is -0.497 e. The third-order valence-corrected chi connectivity index (χ3v) is 3.72. The largest absolute Gasteiger partial charge is 0.497 e. The van der Waals surface area contributed by atoms with E-state index in [1.807, 2.05) is 36.4 Å². The fourth-order valence-electron chi connectivity index (χ4n) is 2.49. The molecular weight excluding hydrogens is 290 g/mol. The van der Waals surface area contributed by atoms with Gasteiger partial charge in [0.1, 0.15) is 5.75 Å². The number of imidazole rings is 1. The van der Waals surface area contributed by atoms with Crippen LogP contribution in [0.25, 0.3) is 11.0 Å². The molecule has 0 radical (unpaired) electrons. The Kier molecular flexibility index (Phi) is 4.02. The average Bonchev–Trinajstić information content (AvgIpc) is 2.98. The zero-order valence-electron chi connectivity index (χ0n) is 13.4. The SMILES string of the molecule is COc1cccc(NC(=O)c2ccc3c(c2)ncn3C(C)C)c1. The van der Waals surface area contributed by atoms with E-state index in [4.69, 9.17) is 4.74 Å². The average molecular weight is 309 g/mol. The van der Waals surface area contributed by atoms with Crippen LogP contribution in [0.3, 0.4) is 0 Å². The zero-order valence-corrected chi connectivity index (χ0v) is 13.4. The van der Waals surface area contributed by atoms with Gasteiger partial charge in [-0.25, -0.2) is 4.98 Å². The minimum atomic E-state index is -0.167. The van der Waals surface area contributed by atoms with E-state index in [-0.39, 0.29) is 5.91 Å². The number of nitrogens with zero attached hydrogens (tertiary/aromatic N) is 2. The second kappa shape index (κ2) is 6.12. The molecule has 1 N–H and O–H groups in total. The van der Waals surface area contributed by atoms with Gasteiger partial charge in [0.15, 0.2) is 0 Å². The smallest absolute Gasteiger partial charge is 0.255 e. The van der Waals surface area contributed by atoms with E-state index in [1.165, 1.54) is 0 Å². The molecule has 1 aromatic heterocycles. The van der Waals surface area contributed by atoms with Crippen molar-refractivity contribution >= 4 is 22.6 Å². The molecule has 0 atom stereocenters. The van der Waals surface area contributed by atoms with Crippen molar-refractivity contribution in [3.63, 3.8) is 0 Å². The van der Waals surface area contributed by atoms with Crippen molar-refractivity contribution in [3.8, 4) is 5.75 Å². The summed E-state index contributed by atoms with van der Waals surface area (Å²) in [5.74, 6) is 0.535. The Bertz CT molecular complexity index is 852. The molecule has 23 heavy (non-hydrogen) atoms. The standard InChI is InChI=1S/C18H19N3O2/c1-12(2)21-11-19-16-9-13(7-8-17(16)21)18(22)20-14-5-4-6-15(10-14)23-3/h4-12H,1-3H3,(H,20,22). The lowest BCUT2D eigenvalue weighted by Gasteiger charge is -2.09. The van der Waals surface area contributed by atoms with Crippen LogP contribution >= 0.6 is 0 Å². The van der Waals surface area contributed by atoms with Gasteiger partial charge < -0.3 is 14.6 Å². The van der Waals surface area contributed by atoms with Crippen LogP contribution in [0.15, 0.2) is 48.8 Å². The number of carbonyl (C=O) groups is 1. The molecule has 0 fully saturated rings. The van der Waals surface area contributed by atoms with E-state index in [9.17, 15) is 4.79 Å². The van der Waals surface area contributed by atoms with E-state index in [2.05, 4.69) is 28.7 Å². The lowest BCUT2D eigenvalue weighted by atomic mass is 10.1. The quantitative estimate of drug-likeness (QED) is 0.795. The van der Waals surface area contributed by atoms with Gasteiger partial charge in [-0.15, -0.1) is 0 Å². The van der Waals surface area contributed by atoms with Gasteiger partial charge in [-0.1, -0.05) is 6.07 Å². The summed E-state index contributed by atoms with van der Waals surface area (Å²) < 4.78 is 7.24. The highest BCUT2D eigenvalue weighted by molar-refractivity contribution is 6.06. The maximum absolute atomic E-state index is 12.4. The molecule has 0 saturated heterocycles. The molecule has 0 unspecified atom stereocenters. The zero-order chi connectivity index (χ0) is 16.4. The first kappa shape index (κ1) is 15.1. The van der Waals surface area contributed by atoms with E-state index >= 15 is 0 Å². The van der Waals surface area contributed by atoms with Crippen molar-refractivity contribution in [2.75, 3.05) is 12.4 Å². The van der Waals surface area contributed by atoms with Gasteiger partial charge in [0.2, 0.25) is 0 Å². The lowest BCUT2D eigenvalue weighted by Crippen LogP contribution is -2.11. The number of benzene rings is 2. The molecule has 1 amide bonds. The normalized spacial score (nSPS) is 11.0. The molecule has 0 bridgehead atoms. The third kappa shape index (κ3) is 3.04. The molecule has 0 aliphatic carbocycles. The summed E-state index contributed by atoms with van der Waals surface area (Å²) in [4.78, 5) is 16.8. The van der Waals surface area contributed by atoms with E-state index < -0.39 is 0 Å². The number of nitrogens with one attached hydrogen (secondary N) is 1. The first-order valence-corrected chi connectivity index (χ1v) is 7.50. The minimum absolute atomic E-state index is 0.167. The summed E-state index contributed by atoms with van der Waals surface area (Å²) in [6.45, 7) is 4.20. The first-order valence-electron chi connectivity index (χ1n) is 7.50. The summed E-state index contributed by atoms with van der Waals surface area (Å²) >= 11 is 0. The van der Waals surface area contributed by atoms with Crippen LogP contribution in [0.2, 0.25) is 0 Å². The van der Waals surface area contributed by atoms with Crippen LogP contribution in [0.5, 0.6) is 5.75 Å². The van der Waals surface area contributed by atoms with Crippen molar-refractivity contribution in [2.24, 2.45) is 0 Å². The molecule has 2 aromatic carbocycles. The van der Waals surface area contributed by atoms with Gasteiger partial charge in [-0.2, -0.15) is 0 Å². The Morgan fingerprint density at radius 3 is 2.78 bits per heavy atom. The number of rotatable bonds is 4. The maximum atomic E-state index is 12.4. The number of hydrogen-bond acceptors (Lipinski definition) is 3. The fraction of sp³-hybridized carbons (Fsp3) is 0.222. The van der Waals surface area contributed by atoms with E-state index in [1.54, 1.807) is 19.5 Å². The summed E-state index contributed by atoms with van der Waals surface area (Å²) in [5, 5.41) is 2.87. The predicted molar refractivity (Wildman–Crippen MR) is 91.1 cm³/mol. The van der Waals surface area contributed by atoms with Gasteiger partial charge >= 0.3 is 0 Å². The molecule has 5 nitrogen and oxygen atoms in total. The molecule has 0 aliphatic heterocycles. The van der Waals surface area contributed by atoms with Gasteiger partial charge in [-0.3, -0.25) is 4.79 Å². The number of aromatic nitrogens is 2. The number of amides is 1. The molecule has 1 heterocycles. The summed E-state index contributed by atoms with van der Waals surface area (Å²) in [7, 11) is 1.60. The number of ether oxygens (including phenoxy) is 1. The Morgan fingerprint density at radius 2 is 2.04 bits per heavy atom. The van der Waals surface area contributed by atoms with Crippen molar-refractivity contribution < 1.29 is 9.53 Å². The predicted octanol–water partition coefficient (Wildman–Crippen LogP) is 3.88. The van der Waals surface area contributed by atoms with E-state index in [0.29, 0.717) is 23.0 Å². The third-order valence-electron chi connectivity index (χ3n) is 3.72.